The number of para-hydroxylation sites is 1. The maximum atomic E-state index is 12.7. The van der Waals surface area contributed by atoms with E-state index in [1.807, 2.05) is 6.07 Å². The number of alkyl halides is 3. The third-order valence-electron chi connectivity index (χ3n) is 4.46. The number of fused-ring (bicyclic) bond motifs is 1. The van der Waals surface area contributed by atoms with E-state index in [4.69, 9.17) is 4.74 Å². The third kappa shape index (κ3) is 3.30. The van der Waals surface area contributed by atoms with Crippen LogP contribution in [0.25, 0.3) is 10.9 Å². The minimum absolute atomic E-state index is 0.102. The van der Waals surface area contributed by atoms with E-state index in [1.54, 1.807) is 18.2 Å². The summed E-state index contributed by atoms with van der Waals surface area (Å²) in [5.41, 5.74) is -0.0182. The number of carbonyl (C=O) groups is 2. The monoisotopic (exact) mass is 389 g/mol. The number of aromatic nitrogens is 2. The summed E-state index contributed by atoms with van der Waals surface area (Å²) in [5, 5.41) is 0.655. The number of pyridine rings is 1. The Bertz CT molecular complexity index is 1060. The topological polar surface area (TPSA) is 75.3 Å². The molecule has 0 aliphatic carbocycles. The first kappa shape index (κ1) is 18.0. The largest absolute Gasteiger partial charge is 0.471 e. The van der Waals surface area contributed by atoms with Gasteiger partial charge in [0.1, 0.15) is 11.8 Å². The molecule has 28 heavy (non-hydrogen) atoms. The van der Waals surface area contributed by atoms with Crippen LogP contribution >= 0.6 is 0 Å². The number of hydrogen-bond donors (Lipinski definition) is 1. The molecule has 0 atom stereocenters. The van der Waals surface area contributed by atoms with Crippen molar-refractivity contribution in [3.63, 3.8) is 0 Å². The molecule has 3 aromatic rings. The molecule has 1 amide bonds. The molecule has 1 aliphatic heterocycles. The maximum Gasteiger partial charge on any atom is 0.433 e. The summed E-state index contributed by atoms with van der Waals surface area (Å²) in [5.74, 6) is -1.50. The van der Waals surface area contributed by atoms with Crippen LogP contribution in [0.4, 0.5) is 13.2 Å². The van der Waals surface area contributed by atoms with E-state index in [9.17, 15) is 22.8 Å². The highest BCUT2D eigenvalue weighted by Gasteiger charge is 2.37. The van der Waals surface area contributed by atoms with Gasteiger partial charge in [-0.2, -0.15) is 13.2 Å². The quantitative estimate of drug-likeness (QED) is 0.550. The zero-order valence-electron chi connectivity index (χ0n) is 14.4. The highest BCUT2D eigenvalue weighted by molar-refractivity contribution is 6.45. The SMILES string of the molecule is O=C(C(=O)N1CC(Oc2cccc(C(F)(F)F)n2)C1)c1c[nH]c2ccccc12. The molecule has 3 heterocycles. The number of benzene rings is 1. The summed E-state index contributed by atoms with van der Waals surface area (Å²) in [6.45, 7) is 0.204. The van der Waals surface area contributed by atoms with Crippen molar-refractivity contribution in [2.45, 2.75) is 12.3 Å². The summed E-state index contributed by atoms with van der Waals surface area (Å²) in [7, 11) is 0. The lowest BCUT2D eigenvalue weighted by Crippen LogP contribution is -2.57. The molecule has 1 fully saturated rings. The number of nitrogens with one attached hydrogen (secondary N) is 1. The zero-order chi connectivity index (χ0) is 19.9. The Morgan fingerprint density at radius 3 is 2.61 bits per heavy atom. The van der Waals surface area contributed by atoms with E-state index in [0.717, 1.165) is 11.6 Å². The van der Waals surface area contributed by atoms with Crippen LogP contribution in [0.15, 0.2) is 48.7 Å². The van der Waals surface area contributed by atoms with E-state index in [-0.39, 0.29) is 24.5 Å². The van der Waals surface area contributed by atoms with Gasteiger partial charge >= 0.3 is 6.18 Å². The van der Waals surface area contributed by atoms with Crippen molar-refractivity contribution in [2.75, 3.05) is 13.1 Å². The lowest BCUT2D eigenvalue weighted by atomic mass is 10.1. The number of halogens is 3. The molecular formula is C19H14F3N3O3. The van der Waals surface area contributed by atoms with Gasteiger partial charge in [-0.05, 0) is 12.1 Å². The summed E-state index contributed by atoms with van der Waals surface area (Å²) >= 11 is 0. The molecule has 6 nitrogen and oxygen atoms in total. The number of carbonyl (C=O) groups excluding carboxylic acids is 2. The van der Waals surface area contributed by atoms with Gasteiger partial charge in [0.15, 0.2) is 0 Å². The number of Topliss-reactive ketones (excluding diaryl/α,β-unsaturated/α-hetero) is 1. The van der Waals surface area contributed by atoms with Crippen LogP contribution in [-0.4, -0.2) is 45.8 Å². The molecule has 144 valence electrons. The highest BCUT2D eigenvalue weighted by atomic mass is 19.4. The highest BCUT2D eigenvalue weighted by Crippen LogP contribution is 2.29. The fourth-order valence-electron chi connectivity index (χ4n) is 3.01. The molecular weight excluding hydrogens is 375 g/mol. The number of amides is 1. The summed E-state index contributed by atoms with van der Waals surface area (Å²) in [6.07, 6.45) is -3.59. The van der Waals surface area contributed by atoms with Crippen molar-refractivity contribution in [1.82, 2.24) is 14.9 Å². The maximum absolute atomic E-state index is 12.7. The average Bonchev–Trinajstić information content (AvgIpc) is 3.07. The van der Waals surface area contributed by atoms with Crippen LogP contribution in [0.3, 0.4) is 0 Å². The molecule has 4 rings (SSSR count). The second-order valence-corrected chi connectivity index (χ2v) is 6.39. The number of nitrogens with zero attached hydrogens (tertiary/aromatic N) is 2. The number of ketones is 1. The fourth-order valence-corrected chi connectivity index (χ4v) is 3.01. The normalized spacial score (nSPS) is 14.8. The number of rotatable bonds is 4. The van der Waals surface area contributed by atoms with E-state index >= 15 is 0 Å². The fraction of sp³-hybridized carbons (Fsp3) is 0.211. The summed E-state index contributed by atoms with van der Waals surface area (Å²) in [6, 6.07) is 10.5. The van der Waals surface area contributed by atoms with Crippen molar-refractivity contribution < 1.29 is 27.5 Å². The van der Waals surface area contributed by atoms with E-state index in [2.05, 4.69) is 9.97 Å². The molecule has 2 aromatic heterocycles. The Morgan fingerprint density at radius 2 is 1.86 bits per heavy atom. The Kier molecular flexibility index (Phi) is 4.29. The first-order valence-corrected chi connectivity index (χ1v) is 8.43. The van der Waals surface area contributed by atoms with Gasteiger partial charge in [0.2, 0.25) is 5.88 Å². The Morgan fingerprint density at radius 1 is 1.11 bits per heavy atom. The van der Waals surface area contributed by atoms with Gasteiger partial charge in [-0.3, -0.25) is 9.59 Å². The number of ether oxygens (including phenoxy) is 1. The molecule has 0 saturated carbocycles. The number of hydrogen-bond acceptors (Lipinski definition) is 4. The second kappa shape index (κ2) is 6.66. The molecule has 0 unspecified atom stereocenters. The average molecular weight is 389 g/mol. The van der Waals surface area contributed by atoms with Gasteiger partial charge in [-0.1, -0.05) is 24.3 Å². The van der Waals surface area contributed by atoms with Crippen molar-refractivity contribution in [3.05, 3.63) is 59.9 Å². The van der Waals surface area contributed by atoms with Crippen molar-refractivity contribution in [3.8, 4) is 5.88 Å². The number of likely N-dealkylation sites (tertiary alicyclic amines) is 1. The van der Waals surface area contributed by atoms with E-state index < -0.39 is 29.7 Å². The van der Waals surface area contributed by atoms with Gasteiger partial charge in [-0.25, -0.2) is 4.98 Å². The molecule has 1 aromatic carbocycles. The van der Waals surface area contributed by atoms with Crippen LogP contribution in [0.2, 0.25) is 0 Å². The van der Waals surface area contributed by atoms with E-state index in [0.29, 0.717) is 5.39 Å². The standard InChI is InChI=1S/C19H14F3N3O3/c20-19(21,22)15-6-3-7-16(24-15)28-11-9-25(10-11)18(27)17(26)13-8-23-14-5-2-1-4-12(13)14/h1-8,11,23H,9-10H2. The predicted molar refractivity (Wildman–Crippen MR) is 92.9 cm³/mol. The molecule has 1 N–H and O–H groups in total. The molecule has 0 spiro atoms. The first-order chi connectivity index (χ1) is 13.3. The molecule has 9 heteroatoms. The number of aromatic amines is 1. The minimum Gasteiger partial charge on any atom is -0.471 e. The number of H-pyrrole nitrogens is 1. The van der Waals surface area contributed by atoms with Gasteiger partial charge < -0.3 is 14.6 Å². The summed E-state index contributed by atoms with van der Waals surface area (Å²) in [4.78, 5) is 32.5. The third-order valence-corrected chi connectivity index (χ3v) is 4.46. The molecule has 1 aliphatic rings. The first-order valence-electron chi connectivity index (χ1n) is 8.43. The Labute approximate surface area is 156 Å². The van der Waals surface area contributed by atoms with Crippen LogP contribution in [0, 0.1) is 0 Å². The minimum atomic E-state index is -4.56. The molecule has 1 saturated heterocycles. The van der Waals surface area contributed by atoms with Crippen molar-refractivity contribution >= 4 is 22.6 Å². The van der Waals surface area contributed by atoms with Crippen LogP contribution in [0.5, 0.6) is 5.88 Å². The van der Waals surface area contributed by atoms with Gasteiger partial charge in [0.05, 0.1) is 18.7 Å². The lowest BCUT2D eigenvalue weighted by Gasteiger charge is -2.38. The lowest BCUT2D eigenvalue weighted by molar-refractivity contribution is -0.141. The predicted octanol–water partition coefficient (Wildman–Crippen LogP) is 3.05. The van der Waals surface area contributed by atoms with E-state index in [1.165, 1.54) is 23.2 Å². The van der Waals surface area contributed by atoms with Crippen molar-refractivity contribution in [1.29, 1.82) is 0 Å². The smallest absolute Gasteiger partial charge is 0.433 e. The zero-order valence-corrected chi connectivity index (χ0v) is 14.4. The molecule has 0 bridgehead atoms. The van der Waals surface area contributed by atoms with Crippen LogP contribution in [-0.2, 0) is 11.0 Å². The van der Waals surface area contributed by atoms with Gasteiger partial charge in [0.25, 0.3) is 11.7 Å². The Balaban J connectivity index is 1.39. The van der Waals surface area contributed by atoms with Gasteiger partial charge in [0, 0.05) is 23.2 Å². The summed E-state index contributed by atoms with van der Waals surface area (Å²) < 4.78 is 43.5. The molecule has 0 radical (unpaired) electrons. The Hall–Kier alpha value is -3.36. The van der Waals surface area contributed by atoms with Gasteiger partial charge in [-0.15, -0.1) is 0 Å². The van der Waals surface area contributed by atoms with Crippen molar-refractivity contribution in [2.24, 2.45) is 0 Å². The van der Waals surface area contributed by atoms with Crippen LogP contribution < -0.4 is 4.74 Å². The van der Waals surface area contributed by atoms with Crippen LogP contribution in [0.1, 0.15) is 16.1 Å². The second-order valence-electron chi connectivity index (χ2n) is 6.39.